The van der Waals surface area contributed by atoms with Gasteiger partial charge in [-0.05, 0) is 22.0 Å². The Labute approximate surface area is 93.0 Å². The monoisotopic (exact) mass is 299 g/mol. The van der Waals surface area contributed by atoms with E-state index in [0.29, 0.717) is 3.79 Å². The standard InChI is InChI=1S/C6H6BrNO4S2/c1-12-6(9)3-2-4(5(7)13-3)14(8,10)11/h2H,1H3,(H2,8,10,11). The molecule has 1 rings (SSSR count). The maximum Gasteiger partial charge on any atom is 0.348 e. The van der Waals surface area contributed by atoms with Crippen LogP contribution in [-0.2, 0) is 14.8 Å². The van der Waals surface area contributed by atoms with Crippen LogP contribution in [0.2, 0.25) is 0 Å². The first-order chi connectivity index (χ1) is 6.36. The van der Waals surface area contributed by atoms with E-state index in [1.54, 1.807) is 0 Å². The van der Waals surface area contributed by atoms with Crippen LogP contribution in [0.25, 0.3) is 0 Å². The van der Waals surface area contributed by atoms with Crippen LogP contribution in [0.1, 0.15) is 9.67 Å². The number of thiophene rings is 1. The molecule has 0 unspecified atom stereocenters. The molecule has 14 heavy (non-hydrogen) atoms. The van der Waals surface area contributed by atoms with Crippen molar-refractivity contribution >= 4 is 43.3 Å². The highest BCUT2D eigenvalue weighted by Crippen LogP contribution is 2.31. The summed E-state index contributed by atoms with van der Waals surface area (Å²) in [6.45, 7) is 0. The highest BCUT2D eigenvalue weighted by Gasteiger charge is 2.20. The summed E-state index contributed by atoms with van der Waals surface area (Å²) >= 11 is 3.96. The van der Waals surface area contributed by atoms with Crippen LogP contribution in [0, 0.1) is 0 Å². The average molecular weight is 300 g/mol. The van der Waals surface area contributed by atoms with Gasteiger partial charge in [-0.25, -0.2) is 18.4 Å². The number of carbonyl (C=O) groups is 1. The number of ether oxygens (including phenoxy) is 1. The zero-order chi connectivity index (χ0) is 10.9. The van der Waals surface area contributed by atoms with Crippen molar-refractivity contribution in [2.24, 2.45) is 5.14 Å². The van der Waals surface area contributed by atoms with Gasteiger partial charge in [0.05, 0.1) is 10.9 Å². The molecule has 1 aromatic heterocycles. The van der Waals surface area contributed by atoms with Gasteiger partial charge in [-0.15, -0.1) is 11.3 Å². The van der Waals surface area contributed by atoms with Gasteiger partial charge in [0.15, 0.2) is 0 Å². The normalized spacial score (nSPS) is 11.4. The second-order valence-electron chi connectivity index (χ2n) is 2.29. The van der Waals surface area contributed by atoms with Crippen molar-refractivity contribution in [3.63, 3.8) is 0 Å². The first-order valence-electron chi connectivity index (χ1n) is 3.26. The molecular weight excluding hydrogens is 294 g/mol. The van der Waals surface area contributed by atoms with E-state index in [9.17, 15) is 13.2 Å². The number of esters is 1. The van der Waals surface area contributed by atoms with Gasteiger partial charge in [0.25, 0.3) is 0 Å². The van der Waals surface area contributed by atoms with E-state index in [1.165, 1.54) is 13.2 Å². The maximum atomic E-state index is 11.0. The van der Waals surface area contributed by atoms with Gasteiger partial charge < -0.3 is 4.74 Å². The van der Waals surface area contributed by atoms with Crippen molar-refractivity contribution in [3.05, 3.63) is 14.7 Å². The molecule has 78 valence electrons. The molecular formula is C6H6BrNO4S2. The summed E-state index contributed by atoms with van der Waals surface area (Å²) in [6, 6.07) is 1.18. The Balaban J connectivity index is 3.25. The van der Waals surface area contributed by atoms with Crippen LogP contribution >= 0.6 is 27.3 Å². The molecule has 0 saturated heterocycles. The second kappa shape index (κ2) is 3.97. The minimum atomic E-state index is -3.80. The lowest BCUT2D eigenvalue weighted by Crippen LogP contribution is -2.11. The largest absolute Gasteiger partial charge is 0.465 e. The number of hydrogen-bond donors (Lipinski definition) is 1. The molecule has 1 aromatic rings. The second-order valence-corrected chi connectivity index (χ2v) is 6.19. The molecule has 0 spiro atoms. The lowest BCUT2D eigenvalue weighted by molar-refractivity contribution is 0.0606. The molecule has 0 fully saturated rings. The Kier molecular flexibility index (Phi) is 3.30. The SMILES string of the molecule is COC(=O)c1cc(S(N)(=O)=O)c(Br)s1. The van der Waals surface area contributed by atoms with E-state index < -0.39 is 16.0 Å². The lowest BCUT2D eigenvalue weighted by atomic mass is 10.5. The number of halogens is 1. The Hall–Kier alpha value is -0.440. The maximum absolute atomic E-state index is 11.0. The van der Waals surface area contributed by atoms with Gasteiger partial charge in [0.1, 0.15) is 9.77 Å². The van der Waals surface area contributed by atoms with Crippen molar-refractivity contribution in [3.8, 4) is 0 Å². The summed E-state index contributed by atoms with van der Waals surface area (Å²) in [4.78, 5) is 11.1. The van der Waals surface area contributed by atoms with Crippen molar-refractivity contribution in [2.45, 2.75) is 4.90 Å². The number of rotatable bonds is 2. The lowest BCUT2D eigenvalue weighted by Gasteiger charge is -1.92. The quantitative estimate of drug-likeness (QED) is 0.824. The number of sulfonamides is 1. The zero-order valence-electron chi connectivity index (χ0n) is 6.98. The predicted molar refractivity (Wildman–Crippen MR) is 54.7 cm³/mol. The topological polar surface area (TPSA) is 86.5 Å². The molecule has 0 aromatic carbocycles. The Bertz CT molecular complexity index is 464. The molecule has 0 aliphatic heterocycles. The summed E-state index contributed by atoms with van der Waals surface area (Å²) in [5, 5.41) is 4.91. The average Bonchev–Trinajstić information content (AvgIpc) is 2.45. The van der Waals surface area contributed by atoms with E-state index in [-0.39, 0.29) is 9.77 Å². The van der Waals surface area contributed by atoms with E-state index in [1.807, 2.05) is 0 Å². The molecule has 0 saturated carbocycles. The van der Waals surface area contributed by atoms with Crippen LogP contribution in [0.4, 0.5) is 0 Å². The van der Waals surface area contributed by atoms with Crippen LogP contribution < -0.4 is 5.14 Å². The summed E-state index contributed by atoms with van der Waals surface area (Å²) in [5.41, 5.74) is 0. The van der Waals surface area contributed by atoms with Crippen LogP contribution in [0.5, 0.6) is 0 Å². The number of methoxy groups -OCH3 is 1. The summed E-state index contributed by atoms with van der Waals surface area (Å²) in [6.07, 6.45) is 0. The molecule has 0 amide bonds. The molecule has 0 bridgehead atoms. The third kappa shape index (κ3) is 2.32. The zero-order valence-corrected chi connectivity index (χ0v) is 10.2. The van der Waals surface area contributed by atoms with Gasteiger partial charge in [0, 0.05) is 0 Å². The van der Waals surface area contributed by atoms with E-state index in [2.05, 4.69) is 20.7 Å². The molecule has 1 heterocycles. The van der Waals surface area contributed by atoms with Gasteiger partial charge in [-0.1, -0.05) is 0 Å². The highest BCUT2D eigenvalue weighted by molar-refractivity contribution is 9.11. The molecule has 2 N–H and O–H groups in total. The number of primary sulfonamides is 1. The minimum absolute atomic E-state index is 0.108. The molecule has 0 radical (unpaired) electrons. The Morgan fingerprint density at radius 1 is 1.64 bits per heavy atom. The minimum Gasteiger partial charge on any atom is -0.465 e. The molecule has 0 aliphatic rings. The fourth-order valence-electron chi connectivity index (χ4n) is 0.747. The van der Waals surface area contributed by atoms with Gasteiger partial charge in [-0.3, -0.25) is 0 Å². The van der Waals surface area contributed by atoms with Crippen molar-refractivity contribution in [2.75, 3.05) is 7.11 Å². The van der Waals surface area contributed by atoms with Gasteiger partial charge in [0.2, 0.25) is 10.0 Å². The third-order valence-electron chi connectivity index (χ3n) is 1.35. The number of carbonyl (C=O) groups excluding carboxylic acids is 1. The predicted octanol–water partition coefficient (Wildman–Crippen LogP) is 0.945. The summed E-state index contributed by atoms with van der Waals surface area (Å²) in [5.74, 6) is -0.592. The third-order valence-corrected chi connectivity index (χ3v) is 4.49. The number of hydrogen-bond acceptors (Lipinski definition) is 5. The van der Waals surface area contributed by atoms with Crippen LogP contribution in [-0.4, -0.2) is 21.5 Å². The van der Waals surface area contributed by atoms with Gasteiger partial charge >= 0.3 is 5.97 Å². The fraction of sp³-hybridized carbons (Fsp3) is 0.167. The highest BCUT2D eigenvalue weighted by atomic mass is 79.9. The molecule has 5 nitrogen and oxygen atoms in total. The first-order valence-corrected chi connectivity index (χ1v) is 6.42. The summed E-state index contributed by atoms with van der Waals surface area (Å²) < 4.78 is 26.7. The van der Waals surface area contributed by atoms with Crippen molar-refractivity contribution < 1.29 is 17.9 Å². The number of nitrogens with two attached hydrogens (primary N) is 1. The molecule has 0 atom stereocenters. The van der Waals surface area contributed by atoms with E-state index in [0.717, 1.165) is 11.3 Å². The van der Waals surface area contributed by atoms with Crippen molar-refractivity contribution in [1.29, 1.82) is 0 Å². The van der Waals surface area contributed by atoms with E-state index in [4.69, 9.17) is 5.14 Å². The van der Waals surface area contributed by atoms with Gasteiger partial charge in [-0.2, -0.15) is 0 Å². The van der Waals surface area contributed by atoms with Crippen molar-refractivity contribution in [1.82, 2.24) is 0 Å². The molecule has 0 aliphatic carbocycles. The van der Waals surface area contributed by atoms with Crippen LogP contribution in [0.15, 0.2) is 14.7 Å². The molecule has 8 heteroatoms. The first kappa shape index (κ1) is 11.6. The summed E-state index contributed by atoms with van der Waals surface area (Å²) in [7, 11) is -2.58. The van der Waals surface area contributed by atoms with E-state index >= 15 is 0 Å². The fourth-order valence-corrected chi connectivity index (χ4v) is 3.81. The Morgan fingerprint density at radius 3 is 2.57 bits per heavy atom. The smallest absolute Gasteiger partial charge is 0.348 e. The Morgan fingerprint density at radius 2 is 2.21 bits per heavy atom. The van der Waals surface area contributed by atoms with Crippen LogP contribution in [0.3, 0.4) is 0 Å².